The number of ether oxygens (including phenoxy) is 1. The number of carbonyl (C=O) groups is 1. The van der Waals surface area contributed by atoms with Crippen LogP contribution in [-0.2, 0) is 14.6 Å². The lowest BCUT2D eigenvalue weighted by Crippen LogP contribution is -2.51. The van der Waals surface area contributed by atoms with Gasteiger partial charge in [0.2, 0.25) is 0 Å². The van der Waals surface area contributed by atoms with E-state index in [2.05, 4.69) is 5.32 Å². The molecule has 4 atom stereocenters. The minimum absolute atomic E-state index is 0.000387. The van der Waals surface area contributed by atoms with E-state index in [1.165, 1.54) is 25.1 Å². The fourth-order valence-electron chi connectivity index (χ4n) is 5.40. The number of rotatable bonds is 9. The number of amides is 1. The summed E-state index contributed by atoms with van der Waals surface area (Å²) in [4.78, 5) is 12.5. The van der Waals surface area contributed by atoms with E-state index in [1.54, 1.807) is 0 Å². The van der Waals surface area contributed by atoms with Crippen molar-refractivity contribution in [2.75, 3.05) is 18.5 Å². The van der Waals surface area contributed by atoms with Crippen LogP contribution in [0.25, 0.3) is 0 Å². The first-order chi connectivity index (χ1) is 17.8. The van der Waals surface area contributed by atoms with Gasteiger partial charge in [0.1, 0.15) is 6.10 Å². The van der Waals surface area contributed by atoms with E-state index >= 15 is 0 Å². The maximum absolute atomic E-state index is 13.7. The summed E-state index contributed by atoms with van der Waals surface area (Å²) in [5.41, 5.74) is -1.28. The number of hydrogen-bond donors (Lipinski definition) is 4. The summed E-state index contributed by atoms with van der Waals surface area (Å²) in [7, 11) is -4.00. The highest BCUT2D eigenvalue weighted by Crippen LogP contribution is 2.52. The molecule has 4 N–H and O–H groups in total. The molecular weight excluding hydrogens is 544 g/mol. The Kier molecular flexibility index (Phi) is 8.46. The van der Waals surface area contributed by atoms with Gasteiger partial charge >= 0.3 is 0 Å². The van der Waals surface area contributed by atoms with Gasteiger partial charge in [-0.3, -0.25) is 4.79 Å². The summed E-state index contributed by atoms with van der Waals surface area (Å²) in [5, 5.41) is 32.0. The molecule has 0 heterocycles. The maximum atomic E-state index is 13.7. The Balaban J connectivity index is 1.49. The highest BCUT2D eigenvalue weighted by atomic mass is 35.5. The zero-order chi connectivity index (χ0) is 27.8. The second kappa shape index (κ2) is 11.1. The molecule has 0 spiro atoms. The summed E-state index contributed by atoms with van der Waals surface area (Å²) < 4.78 is 59.5. The van der Waals surface area contributed by atoms with Gasteiger partial charge in [-0.15, -0.1) is 0 Å². The maximum Gasteiger partial charge on any atom is 0.255 e. The van der Waals surface area contributed by atoms with Crippen molar-refractivity contribution in [3.63, 3.8) is 0 Å². The van der Waals surface area contributed by atoms with E-state index in [0.29, 0.717) is 12.8 Å². The molecule has 2 aliphatic rings. The van der Waals surface area contributed by atoms with Gasteiger partial charge in [0.25, 0.3) is 5.91 Å². The largest absolute Gasteiger partial charge is 0.391 e. The van der Waals surface area contributed by atoms with Crippen LogP contribution in [0, 0.1) is 23.5 Å². The fraction of sp³-hybridized carbons (Fsp3) is 0.500. The zero-order valence-corrected chi connectivity index (χ0v) is 22.2. The van der Waals surface area contributed by atoms with Crippen LogP contribution in [0.1, 0.15) is 43.0 Å². The number of anilines is 1. The normalized spacial score (nSPS) is 26.7. The van der Waals surface area contributed by atoms with Crippen molar-refractivity contribution in [3.8, 4) is 0 Å². The lowest BCUT2D eigenvalue weighted by atomic mass is 9.75. The van der Waals surface area contributed by atoms with Crippen molar-refractivity contribution in [3.05, 3.63) is 58.6 Å². The first kappa shape index (κ1) is 28.8. The third-order valence-electron chi connectivity index (χ3n) is 7.67. The Labute approximate surface area is 224 Å². The van der Waals surface area contributed by atoms with Gasteiger partial charge in [-0.1, -0.05) is 11.6 Å². The molecule has 2 fully saturated rings. The predicted molar refractivity (Wildman–Crippen MR) is 136 cm³/mol. The van der Waals surface area contributed by atoms with E-state index < -0.39 is 50.4 Å². The highest BCUT2D eigenvalue weighted by molar-refractivity contribution is 7.92. The molecule has 2 unspecified atom stereocenters. The Morgan fingerprint density at radius 2 is 1.79 bits per heavy atom. The third-order valence-corrected chi connectivity index (χ3v) is 10.3. The molecule has 208 valence electrons. The molecule has 2 aromatic rings. The van der Waals surface area contributed by atoms with Crippen molar-refractivity contribution in [1.82, 2.24) is 0 Å². The minimum atomic E-state index is -4.00. The molecule has 12 heteroatoms. The Bertz CT molecular complexity index is 1290. The topological polar surface area (TPSA) is 133 Å². The van der Waals surface area contributed by atoms with Crippen LogP contribution in [0.2, 0.25) is 5.02 Å². The van der Waals surface area contributed by atoms with Crippen LogP contribution in [0.3, 0.4) is 0 Å². The number of carbonyl (C=O) groups excluding carboxylic acids is 1. The van der Waals surface area contributed by atoms with Crippen LogP contribution in [0.4, 0.5) is 14.5 Å². The van der Waals surface area contributed by atoms with E-state index in [4.69, 9.17) is 16.3 Å². The molecular formula is C26H30ClF2NO7S. The number of fused-ring (bicyclic) bond motifs is 2. The molecule has 0 aliphatic heterocycles. The quantitative estimate of drug-likeness (QED) is 0.362. The number of aliphatic hydroxyl groups is 3. The van der Waals surface area contributed by atoms with E-state index in [0.717, 1.165) is 18.2 Å². The number of halogens is 3. The van der Waals surface area contributed by atoms with E-state index in [-0.39, 0.29) is 59.1 Å². The Morgan fingerprint density at radius 1 is 1.13 bits per heavy atom. The fourth-order valence-corrected chi connectivity index (χ4v) is 7.80. The first-order valence-corrected chi connectivity index (χ1v) is 14.2. The van der Waals surface area contributed by atoms with Gasteiger partial charge in [0.15, 0.2) is 21.5 Å². The second-order valence-electron chi connectivity index (χ2n) is 10.2. The molecule has 0 radical (unpaired) electrons. The number of benzene rings is 2. The molecule has 2 aliphatic carbocycles. The number of aliphatic hydroxyl groups excluding tert-OH is 2. The van der Waals surface area contributed by atoms with Crippen LogP contribution < -0.4 is 5.32 Å². The van der Waals surface area contributed by atoms with Crippen molar-refractivity contribution < 1.29 is 42.0 Å². The predicted octanol–water partition coefficient (Wildman–Crippen LogP) is 3.32. The minimum Gasteiger partial charge on any atom is -0.391 e. The molecule has 1 amide bonds. The van der Waals surface area contributed by atoms with Crippen molar-refractivity contribution in [1.29, 1.82) is 0 Å². The van der Waals surface area contributed by atoms with Crippen molar-refractivity contribution in [2.24, 2.45) is 11.8 Å². The van der Waals surface area contributed by atoms with Gasteiger partial charge in [0, 0.05) is 17.3 Å². The van der Waals surface area contributed by atoms with Crippen LogP contribution >= 0.6 is 11.6 Å². The average Bonchev–Trinajstić information content (AvgIpc) is 3.02. The standard InChI is InChI=1S/C26H30ClF2NO7S/c1-14(31)23(32)12-37-13-26(34)16-3-4-17(26)10-19(9-16)38(35,36)24-8-15(2-6-20(24)27)25(33)30-18-5-7-21(28)22(29)11-18/h2,5-8,11,14,16-17,19,23,31-32,34H,3-4,9-10,12-13H2,1H3,(H,30,33)/t14-,16?,17?,19?,23-,26?/m0/s1. The summed E-state index contributed by atoms with van der Waals surface area (Å²) in [6.07, 6.45) is -0.526. The van der Waals surface area contributed by atoms with Crippen molar-refractivity contribution in [2.45, 2.75) is 60.6 Å². The van der Waals surface area contributed by atoms with Crippen LogP contribution in [-0.4, -0.2) is 65.9 Å². The van der Waals surface area contributed by atoms with Crippen LogP contribution in [0.5, 0.6) is 0 Å². The summed E-state index contributed by atoms with van der Waals surface area (Å²) >= 11 is 6.26. The number of hydrogen-bond acceptors (Lipinski definition) is 7. The van der Waals surface area contributed by atoms with Gasteiger partial charge in [-0.25, -0.2) is 17.2 Å². The first-order valence-electron chi connectivity index (χ1n) is 12.3. The van der Waals surface area contributed by atoms with Gasteiger partial charge in [-0.2, -0.15) is 0 Å². The Morgan fingerprint density at radius 3 is 2.39 bits per heavy atom. The molecule has 2 bridgehead atoms. The molecule has 0 saturated heterocycles. The Hall–Kier alpha value is -2.15. The molecule has 2 aromatic carbocycles. The lowest BCUT2D eigenvalue weighted by Gasteiger charge is -2.42. The monoisotopic (exact) mass is 573 g/mol. The molecule has 38 heavy (non-hydrogen) atoms. The molecule has 8 nitrogen and oxygen atoms in total. The molecule has 0 aromatic heterocycles. The third kappa shape index (κ3) is 5.73. The SMILES string of the molecule is C[C@H](O)[C@@H](O)COCC1(O)C2CCC1CC(S(=O)(=O)c1cc(C(=O)Nc3ccc(F)c(F)c3)ccc1Cl)C2. The highest BCUT2D eigenvalue weighted by Gasteiger charge is 2.56. The molecule has 4 rings (SSSR count). The summed E-state index contributed by atoms with van der Waals surface area (Å²) in [5.74, 6) is -3.65. The zero-order valence-electron chi connectivity index (χ0n) is 20.6. The number of sulfone groups is 1. The number of nitrogens with one attached hydrogen (secondary N) is 1. The average molecular weight is 574 g/mol. The second-order valence-corrected chi connectivity index (χ2v) is 12.8. The van der Waals surface area contributed by atoms with Gasteiger partial charge in [-0.05, 0) is 74.8 Å². The summed E-state index contributed by atoms with van der Waals surface area (Å²) in [6.45, 7) is 1.18. The van der Waals surface area contributed by atoms with E-state index in [9.17, 15) is 37.3 Å². The van der Waals surface area contributed by atoms with Crippen molar-refractivity contribution >= 4 is 33.0 Å². The lowest BCUT2D eigenvalue weighted by molar-refractivity contribution is -0.129. The van der Waals surface area contributed by atoms with Gasteiger partial charge in [0.05, 0.1) is 40.1 Å². The smallest absolute Gasteiger partial charge is 0.255 e. The molecule has 2 saturated carbocycles. The van der Waals surface area contributed by atoms with Crippen LogP contribution in [0.15, 0.2) is 41.3 Å². The summed E-state index contributed by atoms with van der Waals surface area (Å²) in [6, 6.07) is 6.65. The van der Waals surface area contributed by atoms with Gasteiger partial charge < -0.3 is 25.4 Å². The van der Waals surface area contributed by atoms with E-state index in [1.807, 2.05) is 0 Å².